The Labute approximate surface area is 138 Å². The van der Waals surface area contributed by atoms with Crippen molar-refractivity contribution in [1.29, 1.82) is 0 Å². The van der Waals surface area contributed by atoms with Gasteiger partial charge in [0.15, 0.2) is 0 Å². The van der Waals surface area contributed by atoms with Crippen LogP contribution < -0.4 is 9.47 Å². The standard InChI is InChI=1S/C19H26N2O2/c1-7-16(8-2)22-18-14(5)19(21-15(6)20-18)23-17-12(3)10-9-11-13(17)4/h9-11,16H,7-8H2,1-6H3. The largest absolute Gasteiger partial charge is 0.474 e. The Morgan fingerprint density at radius 2 is 1.48 bits per heavy atom. The van der Waals surface area contributed by atoms with Gasteiger partial charge in [0.2, 0.25) is 11.8 Å². The summed E-state index contributed by atoms with van der Waals surface area (Å²) in [5.41, 5.74) is 3.01. The molecule has 0 radical (unpaired) electrons. The van der Waals surface area contributed by atoms with Gasteiger partial charge in [0.1, 0.15) is 11.6 Å². The van der Waals surface area contributed by atoms with E-state index in [2.05, 4.69) is 23.8 Å². The fourth-order valence-electron chi connectivity index (χ4n) is 2.46. The third-order valence-electron chi connectivity index (χ3n) is 3.96. The molecule has 124 valence electrons. The monoisotopic (exact) mass is 314 g/mol. The SMILES string of the molecule is CCC(CC)Oc1nc(C)nc(Oc2c(C)cccc2C)c1C. The lowest BCUT2D eigenvalue weighted by molar-refractivity contribution is 0.182. The highest BCUT2D eigenvalue weighted by atomic mass is 16.5. The van der Waals surface area contributed by atoms with E-state index in [1.165, 1.54) is 0 Å². The fourth-order valence-corrected chi connectivity index (χ4v) is 2.46. The summed E-state index contributed by atoms with van der Waals surface area (Å²) in [5, 5.41) is 0. The van der Waals surface area contributed by atoms with Gasteiger partial charge in [-0.2, -0.15) is 9.97 Å². The lowest BCUT2D eigenvalue weighted by atomic mass is 10.1. The Kier molecular flexibility index (Phi) is 5.59. The van der Waals surface area contributed by atoms with Crippen molar-refractivity contribution in [2.75, 3.05) is 0 Å². The minimum absolute atomic E-state index is 0.163. The molecule has 0 saturated carbocycles. The second kappa shape index (κ2) is 7.44. The highest BCUT2D eigenvalue weighted by Crippen LogP contribution is 2.32. The lowest BCUT2D eigenvalue weighted by Gasteiger charge is -2.19. The van der Waals surface area contributed by atoms with Crippen molar-refractivity contribution < 1.29 is 9.47 Å². The van der Waals surface area contributed by atoms with E-state index in [1.807, 2.05) is 45.9 Å². The normalized spacial score (nSPS) is 10.9. The molecule has 0 aliphatic heterocycles. The van der Waals surface area contributed by atoms with E-state index in [4.69, 9.17) is 9.47 Å². The first-order chi connectivity index (χ1) is 11.0. The van der Waals surface area contributed by atoms with Gasteiger partial charge >= 0.3 is 0 Å². The third-order valence-corrected chi connectivity index (χ3v) is 3.96. The number of nitrogens with zero attached hydrogens (tertiary/aromatic N) is 2. The number of hydrogen-bond acceptors (Lipinski definition) is 4. The second-order valence-corrected chi connectivity index (χ2v) is 5.89. The topological polar surface area (TPSA) is 44.2 Å². The van der Waals surface area contributed by atoms with E-state index >= 15 is 0 Å². The van der Waals surface area contributed by atoms with Gasteiger partial charge in [-0.05, 0) is 51.7 Å². The summed E-state index contributed by atoms with van der Waals surface area (Å²) in [6, 6.07) is 6.10. The molecule has 1 aromatic heterocycles. The number of rotatable bonds is 6. The number of aromatic nitrogens is 2. The summed E-state index contributed by atoms with van der Waals surface area (Å²) in [4.78, 5) is 8.90. The summed E-state index contributed by atoms with van der Waals surface area (Å²) < 4.78 is 12.1. The molecule has 0 amide bonds. The Hall–Kier alpha value is -2.10. The molecule has 0 spiro atoms. The van der Waals surface area contributed by atoms with Crippen LogP contribution in [0.1, 0.15) is 49.2 Å². The van der Waals surface area contributed by atoms with Gasteiger partial charge in [-0.15, -0.1) is 0 Å². The molecule has 0 aliphatic rings. The van der Waals surface area contributed by atoms with Crippen LogP contribution in [-0.4, -0.2) is 16.1 Å². The van der Waals surface area contributed by atoms with Gasteiger partial charge in [-0.1, -0.05) is 32.0 Å². The van der Waals surface area contributed by atoms with E-state index in [0.717, 1.165) is 35.3 Å². The van der Waals surface area contributed by atoms with Gasteiger partial charge in [0, 0.05) is 0 Å². The van der Waals surface area contributed by atoms with Gasteiger partial charge in [-0.3, -0.25) is 0 Å². The van der Waals surface area contributed by atoms with Crippen LogP contribution in [0.2, 0.25) is 0 Å². The molecule has 1 aromatic carbocycles. The van der Waals surface area contributed by atoms with Gasteiger partial charge < -0.3 is 9.47 Å². The molecule has 2 rings (SSSR count). The van der Waals surface area contributed by atoms with Gasteiger partial charge in [0.25, 0.3) is 0 Å². The molecule has 1 heterocycles. The molecule has 0 aliphatic carbocycles. The number of benzene rings is 1. The molecular formula is C19H26N2O2. The van der Waals surface area contributed by atoms with Crippen LogP contribution in [0.3, 0.4) is 0 Å². The zero-order valence-corrected chi connectivity index (χ0v) is 14.9. The quantitative estimate of drug-likeness (QED) is 0.746. The summed E-state index contributed by atoms with van der Waals surface area (Å²) in [6.45, 7) is 12.1. The minimum atomic E-state index is 0.163. The smallest absolute Gasteiger partial charge is 0.229 e. The number of para-hydroxylation sites is 1. The Morgan fingerprint density at radius 3 is 2.04 bits per heavy atom. The molecule has 0 saturated heterocycles. The van der Waals surface area contributed by atoms with Crippen LogP contribution >= 0.6 is 0 Å². The van der Waals surface area contributed by atoms with Crippen LogP contribution in [0.4, 0.5) is 0 Å². The molecule has 2 aromatic rings. The van der Waals surface area contributed by atoms with Crippen LogP contribution in [0.5, 0.6) is 17.5 Å². The predicted octanol–water partition coefficient (Wildman–Crippen LogP) is 5.07. The third kappa shape index (κ3) is 4.01. The van der Waals surface area contributed by atoms with Crippen molar-refractivity contribution >= 4 is 0 Å². The molecule has 4 heteroatoms. The lowest BCUT2D eigenvalue weighted by Crippen LogP contribution is -2.16. The Morgan fingerprint density at radius 1 is 0.913 bits per heavy atom. The van der Waals surface area contributed by atoms with E-state index < -0.39 is 0 Å². The molecule has 0 bridgehead atoms. The molecule has 0 atom stereocenters. The summed E-state index contributed by atoms with van der Waals surface area (Å²) in [7, 11) is 0. The Bertz CT molecular complexity index is 659. The van der Waals surface area contributed by atoms with Crippen molar-refractivity contribution in [3.05, 3.63) is 40.7 Å². The Balaban J connectivity index is 2.38. The fraction of sp³-hybridized carbons (Fsp3) is 0.474. The van der Waals surface area contributed by atoms with Crippen LogP contribution in [0.25, 0.3) is 0 Å². The van der Waals surface area contributed by atoms with E-state index in [1.54, 1.807) is 0 Å². The van der Waals surface area contributed by atoms with Crippen LogP contribution in [0, 0.1) is 27.7 Å². The average molecular weight is 314 g/mol. The first-order valence-corrected chi connectivity index (χ1v) is 8.22. The van der Waals surface area contributed by atoms with Crippen molar-refractivity contribution in [2.45, 2.75) is 60.5 Å². The number of hydrogen-bond donors (Lipinski definition) is 0. The maximum absolute atomic E-state index is 6.11. The second-order valence-electron chi connectivity index (χ2n) is 5.89. The molecule has 23 heavy (non-hydrogen) atoms. The highest BCUT2D eigenvalue weighted by Gasteiger charge is 2.17. The van der Waals surface area contributed by atoms with Crippen molar-refractivity contribution in [3.63, 3.8) is 0 Å². The first kappa shape index (κ1) is 17.3. The van der Waals surface area contributed by atoms with E-state index in [9.17, 15) is 0 Å². The van der Waals surface area contributed by atoms with Crippen LogP contribution in [-0.2, 0) is 0 Å². The first-order valence-electron chi connectivity index (χ1n) is 8.22. The maximum Gasteiger partial charge on any atom is 0.229 e. The van der Waals surface area contributed by atoms with Crippen molar-refractivity contribution in [3.8, 4) is 17.5 Å². The summed E-state index contributed by atoms with van der Waals surface area (Å²) >= 11 is 0. The maximum atomic E-state index is 6.11. The molecular weight excluding hydrogens is 288 g/mol. The minimum Gasteiger partial charge on any atom is -0.474 e. The molecule has 0 N–H and O–H groups in total. The summed E-state index contributed by atoms with van der Waals surface area (Å²) in [6.07, 6.45) is 2.06. The molecule has 0 fully saturated rings. The van der Waals surface area contributed by atoms with E-state index in [-0.39, 0.29) is 6.10 Å². The summed E-state index contributed by atoms with van der Waals surface area (Å²) in [5.74, 6) is 2.68. The van der Waals surface area contributed by atoms with Gasteiger partial charge in [-0.25, -0.2) is 0 Å². The van der Waals surface area contributed by atoms with Crippen molar-refractivity contribution in [1.82, 2.24) is 9.97 Å². The average Bonchev–Trinajstić information content (AvgIpc) is 2.52. The number of aryl methyl sites for hydroxylation is 3. The number of ether oxygens (including phenoxy) is 2. The zero-order chi connectivity index (χ0) is 17.0. The molecule has 0 unspecified atom stereocenters. The van der Waals surface area contributed by atoms with Gasteiger partial charge in [0.05, 0.1) is 11.7 Å². The van der Waals surface area contributed by atoms with Crippen LogP contribution in [0.15, 0.2) is 18.2 Å². The van der Waals surface area contributed by atoms with Crippen molar-refractivity contribution in [2.24, 2.45) is 0 Å². The zero-order valence-electron chi connectivity index (χ0n) is 14.9. The predicted molar refractivity (Wildman–Crippen MR) is 92.5 cm³/mol. The van der Waals surface area contributed by atoms with E-state index in [0.29, 0.717) is 17.6 Å². The molecule has 4 nitrogen and oxygen atoms in total. The highest BCUT2D eigenvalue weighted by molar-refractivity contribution is 5.44.